The van der Waals surface area contributed by atoms with Crippen molar-refractivity contribution in [2.75, 3.05) is 19.7 Å². The molecule has 2 unspecified atom stereocenters. The highest BCUT2D eigenvalue weighted by Crippen LogP contribution is 2.60. The van der Waals surface area contributed by atoms with Crippen LogP contribution in [-0.4, -0.2) is 54.5 Å². The van der Waals surface area contributed by atoms with E-state index in [1.807, 2.05) is 0 Å². The number of benzene rings is 1. The molecular weight excluding hydrogens is 484 g/mol. The minimum atomic E-state index is -3.12. The first-order valence-corrected chi connectivity index (χ1v) is 12.4. The first kappa shape index (κ1) is 25.0. The van der Waals surface area contributed by atoms with Gasteiger partial charge in [-0.3, -0.25) is 9.59 Å². The second-order valence-electron chi connectivity index (χ2n) is 9.98. The lowest BCUT2D eigenvalue weighted by molar-refractivity contribution is -0.154. The van der Waals surface area contributed by atoms with Crippen LogP contribution in [-0.2, 0) is 25.0 Å². The lowest BCUT2D eigenvalue weighted by Crippen LogP contribution is -2.48. The molecule has 9 nitrogen and oxygen atoms in total. The van der Waals surface area contributed by atoms with Crippen molar-refractivity contribution in [1.82, 2.24) is 10.2 Å². The number of amides is 2. The number of ether oxygens (including phenoxy) is 1. The van der Waals surface area contributed by atoms with Crippen LogP contribution >= 0.6 is 0 Å². The Bertz CT molecular complexity index is 1270. The molecule has 1 aliphatic heterocycles. The highest BCUT2D eigenvalue weighted by molar-refractivity contribution is 5.91. The van der Waals surface area contributed by atoms with Gasteiger partial charge in [-0.25, -0.2) is 4.79 Å². The summed E-state index contributed by atoms with van der Waals surface area (Å²) in [6.07, 6.45) is 4.40. The normalized spacial score (nSPS) is 28.4. The number of likely N-dealkylation sites (tertiary alicyclic amines) is 1. The number of rotatable bonds is 7. The van der Waals surface area contributed by atoms with Crippen LogP contribution in [0.5, 0.6) is 0 Å². The van der Waals surface area contributed by atoms with Crippen LogP contribution in [0.2, 0.25) is 0 Å². The van der Waals surface area contributed by atoms with Gasteiger partial charge in [0.2, 0.25) is 11.8 Å². The quantitative estimate of drug-likeness (QED) is 0.258. The predicted octanol–water partition coefficient (Wildman–Crippen LogP) is 3.86. The second kappa shape index (κ2) is 9.30. The van der Waals surface area contributed by atoms with Crippen LogP contribution < -0.4 is 5.32 Å². The Morgan fingerprint density at radius 3 is 2.81 bits per heavy atom. The van der Waals surface area contributed by atoms with Gasteiger partial charge in [0, 0.05) is 34.0 Å². The maximum absolute atomic E-state index is 15.0. The van der Waals surface area contributed by atoms with E-state index in [-0.39, 0.29) is 36.9 Å². The number of azide groups is 1. The van der Waals surface area contributed by atoms with Gasteiger partial charge in [-0.15, -0.1) is 0 Å². The standard InChI is InChI=1S/C26H27F2N5O4/c1-2-37-24(36)20-11-25(14-31-32-29)12-21(25)33(20)22(34)13-30-23(35)15-7-9-17-16-5-3-4-6-18(16)26(27,28)19(17)10-8-15/h3-6,8,10,15,20-21H,2,7,9,11-14H2,1H3,(H,30,35)/t15?,20?,21-,25+/m0/s1. The van der Waals surface area contributed by atoms with Gasteiger partial charge in [-0.05, 0) is 49.3 Å². The average Bonchev–Trinajstić information content (AvgIpc) is 3.50. The number of carbonyl (C=O) groups is 3. The van der Waals surface area contributed by atoms with Crippen LogP contribution in [0.1, 0.15) is 43.7 Å². The van der Waals surface area contributed by atoms with Crippen molar-refractivity contribution in [3.05, 3.63) is 63.6 Å². The Hall–Kier alpha value is -3.72. The molecule has 0 aromatic heterocycles. The maximum Gasteiger partial charge on any atom is 0.328 e. The Labute approximate surface area is 212 Å². The van der Waals surface area contributed by atoms with Crippen molar-refractivity contribution < 1.29 is 27.9 Å². The summed E-state index contributed by atoms with van der Waals surface area (Å²) < 4.78 is 35.1. The average molecular weight is 512 g/mol. The third-order valence-electron chi connectivity index (χ3n) is 7.92. The summed E-state index contributed by atoms with van der Waals surface area (Å²) >= 11 is 0. The topological polar surface area (TPSA) is 124 Å². The van der Waals surface area contributed by atoms with E-state index in [0.29, 0.717) is 36.8 Å². The van der Waals surface area contributed by atoms with Crippen molar-refractivity contribution in [3.8, 4) is 0 Å². The number of carbonyl (C=O) groups excluding carboxylic acids is 3. The number of hydrogen-bond donors (Lipinski definition) is 1. The highest BCUT2D eigenvalue weighted by Gasteiger charge is 2.67. The summed E-state index contributed by atoms with van der Waals surface area (Å²) in [5, 5.41) is 6.28. The smallest absolute Gasteiger partial charge is 0.328 e. The predicted molar refractivity (Wildman–Crippen MR) is 129 cm³/mol. The molecule has 11 heteroatoms. The summed E-state index contributed by atoms with van der Waals surface area (Å²) in [6, 6.07) is 5.35. The van der Waals surface area contributed by atoms with E-state index in [4.69, 9.17) is 10.3 Å². The zero-order chi connectivity index (χ0) is 26.4. The molecular formula is C26H27F2N5O4. The molecule has 4 atom stereocenters. The number of nitrogens with zero attached hydrogens (tertiary/aromatic N) is 4. The van der Waals surface area contributed by atoms with Crippen molar-refractivity contribution >= 4 is 23.4 Å². The molecule has 1 saturated carbocycles. The fourth-order valence-electron chi connectivity index (χ4n) is 6.02. The summed E-state index contributed by atoms with van der Waals surface area (Å²) in [5.41, 5.74) is 9.21. The van der Waals surface area contributed by atoms with E-state index in [0.717, 1.165) is 0 Å². The van der Waals surface area contributed by atoms with Crippen LogP contribution in [0.4, 0.5) is 8.78 Å². The van der Waals surface area contributed by atoms with E-state index in [9.17, 15) is 23.2 Å². The Morgan fingerprint density at radius 1 is 1.27 bits per heavy atom. The molecule has 5 rings (SSSR count). The molecule has 0 bridgehead atoms. The van der Waals surface area contributed by atoms with Gasteiger partial charge in [-0.2, -0.15) is 8.78 Å². The molecule has 4 aliphatic rings. The number of esters is 1. The van der Waals surface area contributed by atoms with Gasteiger partial charge in [0.05, 0.1) is 19.1 Å². The van der Waals surface area contributed by atoms with Crippen LogP contribution in [0.3, 0.4) is 0 Å². The lowest BCUT2D eigenvalue weighted by Gasteiger charge is -2.26. The van der Waals surface area contributed by atoms with E-state index >= 15 is 0 Å². The fraction of sp³-hybridized carbons (Fsp3) is 0.500. The Balaban J connectivity index is 1.24. The third kappa shape index (κ3) is 4.17. The van der Waals surface area contributed by atoms with Gasteiger partial charge < -0.3 is 15.0 Å². The SMILES string of the molecule is CCOC(=O)C1C[C@]2(CN=[N+]=[N-])C[C@@H]2N1C(=O)CNC(=O)C1C=CC2=C(CC1)c1ccccc1C2(F)F. The van der Waals surface area contributed by atoms with E-state index in [1.54, 1.807) is 25.1 Å². The summed E-state index contributed by atoms with van der Waals surface area (Å²) in [5.74, 6) is -5.19. The molecule has 37 heavy (non-hydrogen) atoms. The molecule has 1 aromatic rings. The molecule has 0 spiro atoms. The third-order valence-corrected chi connectivity index (χ3v) is 7.92. The van der Waals surface area contributed by atoms with Gasteiger partial charge in [-0.1, -0.05) is 41.5 Å². The van der Waals surface area contributed by atoms with Crippen molar-refractivity contribution in [2.24, 2.45) is 16.4 Å². The molecule has 2 fully saturated rings. The first-order valence-electron chi connectivity index (χ1n) is 12.4. The van der Waals surface area contributed by atoms with E-state index in [2.05, 4.69) is 15.3 Å². The number of hydrogen-bond acceptors (Lipinski definition) is 5. The van der Waals surface area contributed by atoms with E-state index < -0.39 is 41.1 Å². The van der Waals surface area contributed by atoms with Crippen molar-refractivity contribution in [2.45, 2.75) is 50.6 Å². The number of fused-ring (bicyclic) bond motifs is 3. The van der Waals surface area contributed by atoms with Crippen LogP contribution in [0.15, 0.2) is 47.1 Å². The number of alkyl halides is 2. The Morgan fingerprint density at radius 2 is 2.05 bits per heavy atom. The van der Waals surface area contributed by atoms with Crippen LogP contribution in [0.25, 0.3) is 16.0 Å². The molecule has 2 amide bonds. The number of halogens is 2. The van der Waals surface area contributed by atoms with Crippen molar-refractivity contribution in [3.63, 3.8) is 0 Å². The molecule has 1 N–H and O–H groups in total. The van der Waals surface area contributed by atoms with Crippen LogP contribution in [0, 0.1) is 11.3 Å². The summed E-state index contributed by atoms with van der Waals surface area (Å²) in [4.78, 5) is 42.8. The fourth-order valence-corrected chi connectivity index (χ4v) is 6.02. The summed E-state index contributed by atoms with van der Waals surface area (Å²) in [6.45, 7) is 1.69. The molecule has 0 radical (unpaired) electrons. The number of piperidine rings is 1. The van der Waals surface area contributed by atoms with Crippen molar-refractivity contribution in [1.29, 1.82) is 0 Å². The van der Waals surface area contributed by atoms with E-state index in [1.165, 1.54) is 23.1 Å². The number of nitrogens with one attached hydrogen (secondary N) is 1. The summed E-state index contributed by atoms with van der Waals surface area (Å²) in [7, 11) is 0. The zero-order valence-electron chi connectivity index (χ0n) is 20.3. The lowest BCUT2D eigenvalue weighted by atomic mass is 9.96. The maximum atomic E-state index is 15.0. The largest absolute Gasteiger partial charge is 0.464 e. The van der Waals surface area contributed by atoms with Gasteiger partial charge in [0.25, 0.3) is 5.92 Å². The minimum Gasteiger partial charge on any atom is -0.464 e. The first-order chi connectivity index (χ1) is 17.7. The number of allylic oxidation sites excluding steroid dienone is 3. The monoisotopic (exact) mass is 511 g/mol. The molecule has 1 saturated heterocycles. The minimum absolute atomic E-state index is 0.0171. The molecule has 1 heterocycles. The molecule has 3 aliphatic carbocycles. The zero-order valence-corrected chi connectivity index (χ0v) is 20.3. The van der Waals surface area contributed by atoms with Gasteiger partial charge >= 0.3 is 5.97 Å². The molecule has 194 valence electrons. The highest BCUT2D eigenvalue weighted by atomic mass is 19.3. The van der Waals surface area contributed by atoms with Gasteiger partial charge in [0.15, 0.2) is 0 Å². The van der Waals surface area contributed by atoms with Gasteiger partial charge in [0.1, 0.15) is 6.04 Å². The molecule has 1 aromatic carbocycles. The Kier molecular flexibility index (Phi) is 6.27. The second-order valence-corrected chi connectivity index (χ2v) is 9.98.